The molecule has 0 aliphatic carbocycles. The van der Waals surface area contributed by atoms with Crippen molar-refractivity contribution in [2.45, 2.75) is 84.0 Å². The lowest BCUT2D eigenvalue weighted by atomic mass is 10.00. The van der Waals surface area contributed by atoms with E-state index in [-0.39, 0.29) is 19.3 Å². The van der Waals surface area contributed by atoms with Crippen LogP contribution in [0.15, 0.2) is 0 Å². The van der Waals surface area contributed by atoms with Gasteiger partial charge in [0.2, 0.25) is 0 Å². The van der Waals surface area contributed by atoms with Crippen molar-refractivity contribution in [3.8, 4) is 0 Å². The number of methoxy groups -OCH3 is 1. The second-order valence-corrected chi connectivity index (χ2v) is 6.69. The van der Waals surface area contributed by atoms with Gasteiger partial charge >= 0.3 is 11.9 Å². The molecule has 1 saturated heterocycles. The molecule has 0 radical (unpaired) electrons. The molecule has 0 spiro atoms. The average molecular weight is 369 g/mol. The van der Waals surface area contributed by atoms with E-state index in [1.165, 1.54) is 39.2 Å². The number of esters is 1. The lowest BCUT2D eigenvalue weighted by Gasteiger charge is -2.17. The second kappa shape index (κ2) is 12.4. The summed E-state index contributed by atoms with van der Waals surface area (Å²) >= 11 is 0. The second-order valence-electron chi connectivity index (χ2n) is 6.69. The van der Waals surface area contributed by atoms with Crippen LogP contribution in [0.25, 0.3) is 0 Å². The summed E-state index contributed by atoms with van der Waals surface area (Å²) in [5.74, 6) is -3.83. The van der Waals surface area contributed by atoms with Gasteiger partial charge in [-0.05, 0) is 6.42 Å². The van der Waals surface area contributed by atoms with Crippen molar-refractivity contribution in [2.24, 2.45) is 5.92 Å². The highest BCUT2D eigenvalue weighted by Crippen LogP contribution is 2.19. The molecule has 1 aliphatic rings. The number of carbonyl (C=O) groups excluding carboxylic acids is 4. The lowest BCUT2D eigenvalue weighted by molar-refractivity contribution is -0.202. The van der Waals surface area contributed by atoms with E-state index < -0.39 is 29.7 Å². The fraction of sp³-hybridized carbons (Fsp3) is 0.789. The van der Waals surface area contributed by atoms with Crippen molar-refractivity contribution in [2.75, 3.05) is 7.11 Å². The number of hydrogen-bond acceptors (Lipinski definition) is 6. The van der Waals surface area contributed by atoms with Gasteiger partial charge < -0.3 is 9.57 Å². The average Bonchev–Trinajstić information content (AvgIpc) is 2.94. The Bertz CT molecular complexity index is 474. The maximum Gasteiger partial charge on any atom is 0.347 e. The maximum absolute atomic E-state index is 12.2. The van der Waals surface area contributed by atoms with E-state index in [2.05, 4.69) is 11.7 Å². The smallest absolute Gasteiger partial charge is 0.347 e. The Morgan fingerprint density at radius 3 is 1.88 bits per heavy atom. The first-order valence-corrected chi connectivity index (χ1v) is 9.66. The van der Waals surface area contributed by atoms with Crippen molar-refractivity contribution in [1.29, 1.82) is 0 Å². The first-order chi connectivity index (χ1) is 12.5. The first-order valence-electron chi connectivity index (χ1n) is 9.66. The summed E-state index contributed by atoms with van der Waals surface area (Å²) in [5.41, 5.74) is 0. The standard InChI is InChI=1S/C19H31NO6/c1-3-4-5-6-7-8-9-10-11-12-15(18(23)25-2)19(24)26-20-16(21)13-14-17(20)22/h15H,3-14H2,1-2H3. The molecule has 148 valence electrons. The summed E-state index contributed by atoms with van der Waals surface area (Å²) in [4.78, 5) is 51.9. The summed E-state index contributed by atoms with van der Waals surface area (Å²) in [6.45, 7) is 2.19. The topological polar surface area (TPSA) is 90.0 Å². The number of hydrogen-bond donors (Lipinski definition) is 0. The van der Waals surface area contributed by atoms with Crippen molar-refractivity contribution in [3.63, 3.8) is 0 Å². The van der Waals surface area contributed by atoms with Crippen LogP contribution in [0.2, 0.25) is 0 Å². The molecule has 0 saturated carbocycles. The van der Waals surface area contributed by atoms with Gasteiger partial charge in [0, 0.05) is 12.8 Å². The Morgan fingerprint density at radius 2 is 1.38 bits per heavy atom. The third-order valence-electron chi connectivity index (χ3n) is 4.55. The zero-order valence-corrected chi connectivity index (χ0v) is 16.0. The Balaban J connectivity index is 2.33. The molecule has 2 amide bonds. The number of imide groups is 1. The van der Waals surface area contributed by atoms with Crippen LogP contribution in [0.4, 0.5) is 0 Å². The van der Waals surface area contributed by atoms with Gasteiger partial charge in [-0.15, -0.1) is 5.06 Å². The summed E-state index contributed by atoms with van der Waals surface area (Å²) in [6.07, 6.45) is 10.4. The van der Waals surface area contributed by atoms with Gasteiger partial charge in [-0.1, -0.05) is 64.7 Å². The molecule has 0 N–H and O–H groups in total. The van der Waals surface area contributed by atoms with Crippen LogP contribution in [-0.4, -0.2) is 35.9 Å². The normalized spacial score (nSPS) is 15.2. The van der Waals surface area contributed by atoms with Crippen LogP contribution < -0.4 is 0 Å². The van der Waals surface area contributed by atoms with E-state index in [0.29, 0.717) is 11.5 Å². The van der Waals surface area contributed by atoms with Gasteiger partial charge in [-0.25, -0.2) is 4.79 Å². The van der Waals surface area contributed by atoms with Gasteiger partial charge in [0.25, 0.3) is 11.8 Å². The molecule has 1 heterocycles. The van der Waals surface area contributed by atoms with Gasteiger partial charge in [-0.3, -0.25) is 14.4 Å². The van der Waals surface area contributed by atoms with Crippen LogP contribution in [0.3, 0.4) is 0 Å². The summed E-state index contributed by atoms with van der Waals surface area (Å²) in [7, 11) is 1.20. The van der Waals surface area contributed by atoms with Crippen LogP contribution in [0.5, 0.6) is 0 Å². The van der Waals surface area contributed by atoms with Gasteiger partial charge in [0.15, 0.2) is 5.92 Å². The predicted octanol–water partition coefficient (Wildman–Crippen LogP) is 3.30. The van der Waals surface area contributed by atoms with Crippen molar-refractivity contribution >= 4 is 23.8 Å². The molecule has 0 bridgehead atoms. The number of nitrogens with zero attached hydrogens (tertiary/aromatic N) is 1. The fourth-order valence-corrected chi connectivity index (χ4v) is 2.94. The monoisotopic (exact) mass is 369 g/mol. The van der Waals surface area contributed by atoms with Gasteiger partial charge in [-0.2, -0.15) is 0 Å². The first kappa shape index (κ1) is 22.1. The minimum Gasteiger partial charge on any atom is -0.468 e. The van der Waals surface area contributed by atoms with Gasteiger partial charge in [0.05, 0.1) is 7.11 Å². The molecule has 1 unspecified atom stereocenters. The minimum absolute atomic E-state index is 0.0211. The largest absolute Gasteiger partial charge is 0.468 e. The van der Waals surface area contributed by atoms with Crippen molar-refractivity contribution in [3.05, 3.63) is 0 Å². The van der Waals surface area contributed by atoms with Crippen LogP contribution >= 0.6 is 0 Å². The molecule has 1 aliphatic heterocycles. The Kier molecular flexibility index (Phi) is 10.6. The highest BCUT2D eigenvalue weighted by molar-refractivity contribution is 6.03. The summed E-state index contributed by atoms with van der Waals surface area (Å²) in [5, 5.41) is 0.467. The molecule has 7 nitrogen and oxygen atoms in total. The zero-order chi connectivity index (χ0) is 19.4. The lowest BCUT2D eigenvalue weighted by Crippen LogP contribution is -2.37. The predicted molar refractivity (Wildman–Crippen MR) is 94.5 cm³/mol. The highest BCUT2D eigenvalue weighted by atomic mass is 16.7. The summed E-state index contributed by atoms with van der Waals surface area (Å²) in [6, 6.07) is 0. The Hall–Kier alpha value is -1.92. The molecule has 0 aromatic rings. The number of ether oxygens (including phenoxy) is 1. The minimum atomic E-state index is -1.11. The van der Waals surface area contributed by atoms with E-state index in [1.807, 2.05) is 0 Å². The SMILES string of the molecule is CCCCCCCCCCCC(C(=O)OC)C(=O)ON1C(=O)CCC1=O. The molecule has 0 aromatic heterocycles. The third kappa shape index (κ3) is 7.54. The Labute approximate surface area is 155 Å². The molecular weight excluding hydrogens is 338 g/mol. The van der Waals surface area contributed by atoms with Gasteiger partial charge in [0.1, 0.15) is 0 Å². The van der Waals surface area contributed by atoms with Crippen LogP contribution in [-0.2, 0) is 28.8 Å². The number of carbonyl (C=O) groups is 4. The number of unbranched alkanes of at least 4 members (excludes halogenated alkanes) is 8. The number of rotatable bonds is 13. The Morgan fingerprint density at radius 1 is 0.885 bits per heavy atom. The fourth-order valence-electron chi connectivity index (χ4n) is 2.94. The van der Waals surface area contributed by atoms with E-state index >= 15 is 0 Å². The third-order valence-corrected chi connectivity index (χ3v) is 4.55. The molecular formula is C19H31NO6. The molecule has 26 heavy (non-hydrogen) atoms. The van der Waals surface area contributed by atoms with E-state index in [0.717, 1.165) is 19.3 Å². The van der Waals surface area contributed by atoms with Crippen molar-refractivity contribution < 1.29 is 28.8 Å². The number of hydroxylamine groups is 2. The van der Waals surface area contributed by atoms with E-state index in [4.69, 9.17) is 4.84 Å². The zero-order valence-electron chi connectivity index (χ0n) is 16.0. The summed E-state index contributed by atoms with van der Waals surface area (Å²) < 4.78 is 4.66. The molecule has 7 heteroatoms. The highest BCUT2D eigenvalue weighted by Gasteiger charge is 2.37. The van der Waals surface area contributed by atoms with E-state index in [1.54, 1.807) is 0 Å². The quantitative estimate of drug-likeness (QED) is 0.214. The molecule has 0 aromatic carbocycles. The number of amides is 2. The maximum atomic E-state index is 12.2. The van der Waals surface area contributed by atoms with Crippen molar-refractivity contribution in [1.82, 2.24) is 5.06 Å². The van der Waals surface area contributed by atoms with Crippen LogP contribution in [0, 0.1) is 5.92 Å². The van der Waals surface area contributed by atoms with E-state index in [9.17, 15) is 19.2 Å². The molecule has 1 rings (SSSR count). The molecule has 1 fully saturated rings. The van der Waals surface area contributed by atoms with Crippen LogP contribution in [0.1, 0.15) is 84.0 Å². The molecule has 1 atom stereocenters.